The molecule has 0 bridgehead atoms. The van der Waals surface area contributed by atoms with Gasteiger partial charge in [0.05, 0.1) is 12.2 Å². The van der Waals surface area contributed by atoms with Crippen molar-refractivity contribution >= 4 is 5.97 Å². The molecule has 4 aliphatic carbocycles. The monoisotopic (exact) mass is 364 g/mol. The summed E-state index contributed by atoms with van der Waals surface area (Å²) in [5.41, 5.74) is 0.207. The molecule has 0 saturated heterocycles. The van der Waals surface area contributed by atoms with Gasteiger partial charge in [-0.1, -0.05) is 20.8 Å². The fourth-order valence-corrected chi connectivity index (χ4v) is 7.87. The van der Waals surface area contributed by atoms with Crippen molar-refractivity contribution in [2.24, 2.45) is 40.4 Å². The van der Waals surface area contributed by atoms with Crippen molar-refractivity contribution in [3.05, 3.63) is 0 Å². The molecule has 4 rings (SSSR count). The number of hydrogen-bond acceptors (Lipinski definition) is 4. The number of carbonyl (C=O) groups excluding carboxylic acids is 1. The molecule has 0 aromatic rings. The summed E-state index contributed by atoms with van der Waals surface area (Å²) in [6.07, 6.45) is 6.52. The maximum absolute atomic E-state index is 11.4. The standard InChI is InChI=1S/C22H36O4/c1-12-9-17-19-16(6-8-22(17,4)20(12)25)21(3)7-5-15(26-13(2)23)10-14(21)11-18(19)24/h12,14-20,24-25H,5-11H2,1-4H3/t12-,14+,15+,16?,17?,18+,19?,20+,21+,22+/m1/s1. The van der Waals surface area contributed by atoms with Crippen molar-refractivity contribution in [2.45, 2.75) is 91.0 Å². The van der Waals surface area contributed by atoms with Gasteiger partial charge in [0.2, 0.25) is 0 Å². The van der Waals surface area contributed by atoms with Crippen molar-refractivity contribution in [3.8, 4) is 0 Å². The minimum atomic E-state index is -0.281. The topological polar surface area (TPSA) is 66.8 Å². The predicted molar refractivity (Wildman–Crippen MR) is 99.2 cm³/mol. The molecule has 0 radical (unpaired) electrons. The van der Waals surface area contributed by atoms with Gasteiger partial charge in [-0.05, 0) is 85.4 Å². The molecule has 2 N–H and O–H groups in total. The van der Waals surface area contributed by atoms with E-state index in [0.717, 1.165) is 44.9 Å². The molecular formula is C22H36O4. The molecule has 148 valence electrons. The van der Waals surface area contributed by atoms with Gasteiger partial charge in [-0.15, -0.1) is 0 Å². The first-order chi connectivity index (χ1) is 12.2. The van der Waals surface area contributed by atoms with Crippen molar-refractivity contribution in [3.63, 3.8) is 0 Å². The molecule has 3 unspecified atom stereocenters. The highest BCUT2D eigenvalue weighted by Gasteiger charge is 2.63. The Balaban J connectivity index is 1.59. The van der Waals surface area contributed by atoms with Crippen LogP contribution in [-0.2, 0) is 9.53 Å². The van der Waals surface area contributed by atoms with Gasteiger partial charge in [0.1, 0.15) is 6.10 Å². The molecule has 0 aromatic carbocycles. The summed E-state index contributed by atoms with van der Waals surface area (Å²) in [5.74, 6) is 1.87. The van der Waals surface area contributed by atoms with Gasteiger partial charge in [0.15, 0.2) is 0 Å². The molecule has 4 saturated carbocycles. The van der Waals surface area contributed by atoms with E-state index in [-0.39, 0.29) is 35.1 Å². The molecule has 0 spiro atoms. The Morgan fingerprint density at radius 3 is 2.38 bits per heavy atom. The van der Waals surface area contributed by atoms with Gasteiger partial charge >= 0.3 is 5.97 Å². The first-order valence-electron chi connectivity index (χ1n) is 10.7. The van der Waals surface area contributed by atoms with Crippen LogP contribution in [0.1, 0.15) is 72.6 Å². The Labute approximate surface area is 157 Å². The quantitative estimate of drug-likeness (QED) is 0.699. The summed E-state index contributed by atoms with van der Waals surface area (Å²) in [5, 5.41) is 22.0. The normalized spacial score (nSPS) is 56.2. The number of ether oxygens (including phenoxy) is 1. The maximum Gasteiger partial charge on any atom is 0.302 e. The van der Waals surface area contributed by atoms with Gasteiger partial charge in [0, 0.05) is 6.92 Å². The molecule has 0 aromatic heterocycles. The number of fused-ring (bicyclic) bond motifs is 5. The SMILES string of the molecule is CC(=O)O[C@H]1CC[C@]2(C)C3CC[C@@]4(C)C(C[C@@H](C)[C@@H]4O)C3[C@@H](O)C[C@@H]2C1. The number of carbonyl (C=O) groups is 1. The smallest absolute Gasteiger partial charge is 0.302 e. The summed E-state index contributed by atoms with van der Waals surface area (Å²) >= 11 is 0. The first-order valence-corrected chi connectivity index (χ1v) is 10.7. The molecule has 4 nitrogen and oxygen atoms in total. The largest absolute Gasteiger partial charge is 0.463 e. The summed E-state index contributed by atoms with van der Waals surface area (Å²) in [6, 6.07) is 0. The lowest BCUT2D eigenvalue weighted by molar-refractivity contribution is -0.184. The highest BCUT2D eigenvalue weighted by molar-refractivity contribution is 5.66. The van der Waals surface area contributed by atoms with Crippen LogP contribution in [0.5, 0.6) is 0 Å². The van der Waals surface area contributed by atoms with Crippen LogP contribution in [-0.4, -0.2) is 34.5 Å². The molecule has 0 heterocycles. The van der Waals surface area contributed by atoms with Crippen LogP contribution < -0.4 is 0 Å². The Morgan fingerprint density at radius 2 is 1.69 bits per heavy atom. The van der Waals surface area contributed by atoms with E-state index in [4.69, 9.17) is 4.74 Å². The molecule has 0 aliphatic heterocycles. The average molecular weight is 365 g/mol. The Morgan fingerprint density at radius 1 is 1.00 bits per heavy atom. The zero-order valence-electron chi connectivity index (χ0n) is 16.8. The van der Waals surface area contributed by atoms with E-state index in [1.807, 2.05) is 0 Å². The molecule has 4 heteroatoms. The van der Waals surface area contributed by atoms with Crippen molar-refractivity contribution in [1.82, 2.24) is 0 Å². The minimum Gasteiger partial charge on any atom is -0.463 e. The molecule has 26 heavy (non-hydrogen) atoms. The van der Waals surface area contributed by atoms with E-state index in [0.29, 0.717) is 29.6 Å². The van der Waals surface area contributed by atoms with Crippen LogP contribution >= 0.6 is 0 Å². The lowest BCUT2D eigenvalue weighted by Crippen LogP contribution is -2.59. The highest BCUT2D eigenvalue weighted by atomic mass is 16.5. The Hall–Kier alpha value is -0.610. The number of hydrogen-bond donors (Lipinski definition) is 2. The van der Waals surface area contributed by atoms with E-state index in [1.165, 1.54) is 6.92 Å². The van der Waals surface area contributed by atoms with E-state index in [1.54, 1.807) is 0 Å². The predicted octanol–water partition coefficient (Wildman–Crippen LogP) is 3.54. The van der Waals surface area contributed by atoms with Gasteiger partial charge in [0.25, 0.3) is 0 Å². The number of aliphatic hydroxyl groups excluding tert-OH is 2. The second kappa shape index (κ2) is 6.20. The van der Waals surface area contributed by atoms with E-state index in [9.17, 15) is 15.0 Å². The number of rotatable bonds is 1. The van der Waals surface area contributed by atoms with Gasteiger partial charge in [-0.2, -0.15) is 0 Å². The number of aliphatic hydroxyl groups is 2. The highest BCUT2D eigenvalue weighted by Crippen LogP contribution is 2.67. The first kappa shape index (κ1) is 18.7. The van der Waals surface area contributed by atoms with Crippen LogP contribution in [0.3, 0.4) is 0 Å². The van der Waals surface area contributed by atoms with E-state index in [2.05, 4.69) is 20.8 Å². The fraction of sp³-hybridized carbons (Fsp3) is 0.955. The summed E-state index contributed by atoms with van der Waals surface area (Å²) in [7, 11) is 0. The zero-order valence-corrected chi connectivity index (χ0v) is 16.8. The average Bonchev–Trinajstić information content (AvgIpc) is 2.79. The van der Waals surface area contributed by atoms with Gasteiger partial charge < -0.3 is 14.9 Å². The number of esters is 1. The third kappa shape index (κ3) is 2.58. The summed E-state index contributed by atoms with van der Waals surface area (Å²) < 4.78 is 5.52. The Bertz CT molecular complexity index is 576. The molecule has 0 amide bonds. The minimum absolute atomic E-state index is 0.0245. The lowest BCUT2D eigenvalue weighted by Gasteiger charge is -2.62. The second-order valence-electron chi connectivity index (χ2n) is 10.5. The molecule has 4 aliphatic rings. The van der Waals surface area contributed by atoms with Gasteiger partial charge in [-0.25, -0.2) is 0 Å². The van der Waals surface area contributed by atoms with E-state index < -0.39 is 0 Å². The lowest BCUT2D eigenvalue weighted by atomic mass is 9.44. The summed E-state index contributed by atoms with van der Waals surface area (Å²) in [6.45, 7) is 8.37. The third-order valence-electron chi connectivity index (χ3n) is 9.25. The van der Waals surface area contributed by atoms with Crippen molar-refractivity contribution < 1.29 is 19.7 Å². The molecule has 10 atom stereocenters. The third-order valence-corrected chi connectivity index (χ3v) is 9.25. The second-order valence-corrected chi connectivity index (χ2v) is 10.5. The van der Waals surface area contributed by atoms with Crippen LogP contribution in [0, 0.1) is 40.4 Å². The fourth-order valence-electron chi connectivity index (χ4n) is 7.87. The molecular weight excluding hydrogens is 328 g/mol. The van der Waals surface area contributed by atoms with Crippen molar-refractivity contribution in [1.29, 1.82) is 0 Å². The van der Waals surface area contributed by atoms with E-state index >= 15 is 0 Å². The van der Waals surface area contributed by atoms with Gasteiger partial charge in [-0.3, -0.25) is 4.79 Å². The zero-order chi connectivity index (χ0) is 18.9. The van der Waals surface area contributed by atoms with Crippen LogP contribution in [0.15, 0.2) is 0 Å². The van der Waals surface area contributed by atoms with Crippen LogP contribution in [0.4, 0.5) is 0 Å². The van der Waals surface area contributed by atoms with Crippen LogP contribution in [0.2, 0.25) is 0 Å². The maximum atomic E-state index is 11.4. The van der Waals surface area contributed by atoms with Crippen LogP contribution in [0.25, 0.3) is 0 Å². The Kier molecular flexibility index (Phi) is 4.47. The summed E-state index contributed by atoms with van der Waals surface area (Å²) in [4.78, 5) is 11.4. The van der Waals surface area contributed by atoms with Crippen molar-refractivity contribution in [2.75, 3.05) is 0 Å². The molecule has 4 fully saturated rings.